The van der Waals surface area contributed by atoms with Gasteiger partial charge in [0, 0.05) is 13.6 Å². The lowest BCUT2D eigenvalue weighted by atomic mass is 10.2. The number of aryl methyl sites for hydroxylation is 1. The number of amides is 1. The van der Waals surface area contributed by atoms with E-state index in [-0.39, 0.29) is 28.8 Å². The summed E-state index contributed by atoms with van der Waals surface area (Å²) in [7, 11) is 3.15. The first-order valence-corrected chi connectivity index (χ1v) is 11.1. The van der Waals surface area contributed by atoms with E-state index in [1.807, 2.05) is 0 Å². The van der Waals surface area contributed by atoms with Gasteiger partial charge in [0.1, 0.15) is 16.5 Å². The fraction of sp³-hybridized carbons (Fsp3) is 0.333. The monoisotopic (exact) mass is 468 g/mol. The highest BCUT2D eigenvalue weighted by molar-refractivity contribution is 7.18. The maximum absolute atomic E-state index is 12.9. The first-order valence-electron chi connectivity index (χ1n) is 10.2. The Kier molecular flexibility index (Phi) is 5.29. The molecule has 1 aliphatic heterocycles. The van der Waals surface area contributed by atoms with E-state index < -0.39 is 6.09 Å². The zero-order valence-corrected chi connectivity index (χ0v) is 19.0. The maximum atomic E-state index is 12.9. The molecular formula is C21H20N6O5S. The van der Waals surface area contributed by atoms with Gasteiger partial charge in [-0.25, -0.2) is 14.8 Å². The predicted octanol–water partition coefficient (Wildman–Crippen LogP) is 3.09. The quantitative estimate of drug-likeness (QED) is 0.444. The van der Waals surface area contributed by atoms with Gasteiger partial charge in [-0.15, -0.1) is 0 Å². The van der Waals surface area contributed by atoms with Gasteiger partial charge in [0.25, 0.3) is 11.4 Å². The lowest BCUT2D eigenvalue weighted by molar-refractivity contribution is 0.147. The molecule has 4 heterocycles. The molecule has 11 nitrogen and oxygen atoms in total. The minimum absolute atomic E-state index is 0.162. The SMILES string of the molecule is COc1ccc(OC(=O)N2CCC[C@@H]2c2nc3c(=O)n(C)c(-c4nc(C)no4)nc3s2)cc1. The molecule has 0 spiro atoms. The number of carbonyl (C=O) groups excluding carboxylic acids is 1. The lowest BCUT2D eigenvalue weighted by Crippen LogP contribution is -2.33. The Labute approximate surface area is 191 Å². The Morgan fingerprint density at radius 2 is 1.94 bits per heavy atom. The average Bonchev–Trinajstić information content (AvgIpc) is 3.55. The van der Waals surface area contributed by atoms with Gasteiger partial charge in [-0.3, -0.25) is 14.3 Å². The molecule has 12 heteroatoms. The topological polar surface area (TPSA) is 125 Å². The van der Waals surface area contributed by atoms with Crippen molar-refractivity contribution in [2.24, 2.45) is 7.05 Å². The summed E-state index contributed by atoms with van der Waals surface area (Å²) >= 11 is 1.27. The van der Waals surface area contributed by atoms with Crippen LogP contribution in [0.25, 0.3) is 22.1 Å². The molecule has 3 aromatic heterocycles. The second-order valence-corrected chi connectivity index (χ2v) is 8.56. The normalized spacial score (nSPS) is 15.8. The number of aromatic nitrogens is 5. The Hall–Kier alpha value is -3.80. The number of hydrogen-bond donors (Lipinski definition) is 0. The molecule has 170 valence electrons. The van der Waals surface area contributed by atoms with Crippen molar-refractivity contribution in [1.82, 2.24) is 29.6 Å². The lowest BCUT2D eigenvalue weighted by Gasteiger charge is -2.22. The van der Waals surface area contributed by atoms with E-state index in [0.717, 1.165) is 6.42 Å². The van der Waals surface area contributed by atoms with Crippen LogP contribution < -0.4 is 15.0 Å². The van der Waals surface area contributed by atoms with Crippen molar-refractivity contribution in [3.63, 3.8) is 0 Å². The van der Waals surface area contributed by atoms with E-state index >= 15 is 0 Å². The third-order valence-electron chi connectivity index (χ3n) is 5.41. The molecule has 1 saturated heterocycles. The summed E-state index contributed by atoms with van der Waals surface area (Å²) in [5.74, 6) is 1.97. The number of nitrogens with zero attached hydrogens (tertiary/aromatic N) is 6. The number of benzene rings is 1. The highest BCUT2D eigenvalue weighted by Gasteiger charge is 2.34. The van der Waals surface area contributed by atoms with Crippen LogP contribution in [0.1, 0.15) is 29.7 Å². The van der Waals surface area contributed by atoms with Crippen LogP contribution in [0.4, 0.5) is 4.79 Å². The summed E-state index contributed by atoms with van der Waals surface area (Å²) in [4.78, 5) is 41.1. The van der Waals surface area contributed by atoms with Gasteiger partial charge in [-0.1, -0.05) is 16.5 Å². The number of fused-ring (bicyclic) bond motifs is 1. The molecule has 0 saturated carbocycles. The third kappa shape index (κ3) is 3.82. The van der Waals surface area contributed by atoms with Crippen LogP contribution >= 0.6 is 11.3 Å². The summed E-state index contributed by atoms with van der Waals surface area (Å²) in [6, 6.07) is 6.50. The van der Waals surface area contributed by atoms with Crippen molar-refractivity contribution in [2.75, 3.05) is 13.7 Å². The molecule has 0 bridgehead atoms. The van der Waals surface area contributed by atoms with E-state index in [0.29, 0.717) is 40.1 Å². The van der Waals surface area contributed by atoms with Crippen LogP contribution in [-0.4, -0.2) is 49.3 Å². The molecule has 1 atom stereocenters. The first-order chi connectivity index (χ1) is 15.9. The Morgan fingerprint density at radius 1 is 1.18 bits per heavy atom. The van der Waals surface area contributed by atoms with Crippen molar-refractivity contribution in [2.45, 2.75) is 25.8 Å². The van der Waals surface area contributed by atoms with Gasteiger partial charge in [0.15, 0.2) is 16.2 Å². The van der Waals surface area contributed by atoms with E-state index in [1.54, 1.807) is 50.2 Å². The van der Waals surface area contributed by atoms with Crippen LogP contribution in [0.5, 0.6) is 11.5 Å². The zero-order chi connectivity index (χ0) is 23.1. The van der Waals surface area contributed by atoms with Gasteiger partial charge in [0.05, 0.1) is 13.2 Å². The molecule has 1 amide bonds. The van der Waals surface area contributed by atoms with Crippen molar-refractivity contribution in [3.8, 4) is 23.2 Å². The summed E-state index contributed by atoms with van der Waals surface area (Å²) in [5.41, 5.74) is -0.0773. The Balaban J connectivity index is 1.44. The molecule has 0 radical (unpaired) electrons. The molecule has 33 heavy (non-hydrogen) atoms. The molecule has 0 unspecified atom stereocenters. The van der Waals surface area contributed by atoms with Crippen molar-refractivity contribution < 1.29 is 18.8 Å². The number of carbonyl (C=O) groups is 1. The van der Waals surface area contributed by atoms with Crippen LogP contribution in [-0.2, 0) is 7.05 Å². The Bertz CT molecular complexity index is 1390. The number of likely N-dealkylation sites (tertiary alicyclic amines) is 1. The van der Waals surface area contributed by atoms with Crippen molar-refractivity contribution >= 4 is 27.8 Å². The van der Waals surface area contributed by atoms with E-state index in [1.165, 1.54) is 15.9 Å². The summed E-state index contributed by atoms with van der Waals surface area (Å²) in [6.07, 6.45) is 1.05. The zero-order valence-electron chi connectivity index (χ0n) is 18.1. The standard InChI is InChI=1S/C21H20N6O5S/c1-11-22-17(32-25-11)16-24-19-15(20(28)26(16)2)23-18(33-19)14-5-4-10-27(14)21(29)31-13-8-6-12(30-3)7-9-13/h6-9,14H,4-5,10H2,1-3H3/t14-/m1/s1. The summed E-state index contributed by atoms with van der Waals surface area (Å²) in [5, 5.41) is 4.40. The molecule has 0 aliphatic carbocycles. The fourth-order valence-corrected chi connectivity index (χ4v) is 4.81. The number of thiazole rings is 1. The second kappa shape index (κ2) is 8.28. The minimum Gasteiger partial charge on any atom is -0.497 e. The highest BCUT2D eigenvalue weighted by atomic mass is 32.1. The molecule has 1 fully saturated rings. The number of rotatable bonds is 4. The largest absolute Gasteiger partial charge is 0.497 e. The van der Waals surface area contributed by atoms with Crippen LogP contribution in [0.15, 0.2) is 33.6 Å². The van der Waals surface area contributed by atoms with E-state index in [4.69, 9.17) is 14.0 Å². The second-order valence-electron chi connectivity index (χ2n) is 7.55. The van der Waals surface area contributed by atoms with Crippen molar-refractivity contribution in [3.05, 3.63) is 45.5 Å². The van der Waals surface area contributed by atoms with Gasteiger partial charge < -0.3 is 14.0 Å². The fourth-order valence-electron chi connectivity index (χ4n) is 3.74. The third-order valence-corrected chi connectivity index (χ3v) is 6.46. The van der Waals surface area contributed by atoms with Crippen LogP contribution in [0, 0.1) is 6.92 Å². The van der Waals surface area contributed by atoms with Gasteiger partial charge >= 0.3 is 6.09 Å². The molecule has 0 N–H and O–H groups in total. The highest BCUT2D eigenvalue weighted by Crippen LogP contribution is 2.36. The van der Waals surface area contributed by atoms with Gasteiger partial charge in [-0.2, -0.15) is 4.98 Å². The molecule has 1 aromatic carbocycles. The summed E-state index contributed by atoms with van der Waals surface area (Å²) < 4.78 is 17.2. The van der Waals surface area contributed by atoms with E-state index in [9.17, 15) is 9.59 Å². The number of methoxy groups -OCH3 is 1. The van der Waals surface area contributed by atoms with Crippen LogP contribution in [0.3, 0.4) is 0 Å². The van der Waals surface area contributed by atoms with E-state index in [2.05, 4.69) is 20.1 Å². The Morgan fingerprint density at radius 3 is 2.64 bits per heavy atom. The first kappa shape index (κ1) is 21.1. The minimum atomic E-state index is -0.468. The average molecular weight is 468 g/mol. The predicted molar refractivity (Wildman–Crippen MR) is 118 cm³/mol. The van der Waals surface area contributed by atoms with Gasteiger partial charge in [0.2, 0.25) is 5.82 Å². The molecule has 4 aromatic rings. The molecule has 5 rings (SSSR count). The number of ether oxygens (including phenoxy) is 2. The smallest absolute Gasteiger partial charge is 0.415 e. The summed E-state index contributed by atoms with van der Waals surface area (Å²) in [6.45, 7) is 2.22. The van der Waals surface area contributed by atoms with Crippen LogP contribution in [0.2, 0.25) is 0 Å². The molecule has 1 aliphatic rings. The maximum Gasteiger partial charge on any atom is 0.415 e. The van der Waals surface area contributed by atoms with Crippen molar-refractivity contribution in [1.29, 1.82) is 0 Å². The molecular weight excluding hydrogens is 448 g/mol. The number of hydrogen-bond acceptors (Lipinski definition) is 10. The van der Waals surface area contributed by atoms with Gasteiger partial charge in [-0.05, 0) is 44.0 Å².